The van der Waals surface area contributed by atoms with Gasteiger partial charge in [-0.2, -0.15) is 0 Å². The number of aromatic hydroxyl groups is 1. The number of hydrogen-bond acceptors (Lipinski definition) is 10. The van der Waals surface area contributed by atoms with Crippen molar-refractivity contribution < 1.29 is 43.9 Å². The Morgan fingerprint density at radius 1 is 1.20 bits per heavy atom. The van der Waals surface area contributed by atoms with Crippen LogP contribution >= 0.6 is 0 Å². The monoisotopic (exact) mass is 576 g/mol. The number of phenols is 1. The summed E-state index contributed by atoms with van der Waals surface area (Å²) in [5.41, 5.74) is -0.461. The summed E-state index contributed by atoms with van der Waals surface area (Å²) in [5.74, 6) is -2.64. The van der Waals surface area contributed by atoms with Crippen LogP contribution < -0.4 is 16.4 Å². The van der Waals surface area contributed by atoms with Crippen LogP contribution in [0.5, 0.6) is 5.75 Å². The van der Waals surface area contributed by atoms with Gasteiger partial charge in [-0.25, -0.2) is 14.0 Å². The van der Waals surface area contributed by atoms with E-state index in [1.807, 2.05) is 0 Å². The Labute approximate surface area is 236 Å². The van der Waals surface area contributed by atoms with E-state index in [-0.39, 0.29) is 22.6 Å². The highest BCUT2D eigenvalue weighted by Gasteiger charge is 2.76. The molecular weight excluding hydrogens is 539 g/mol. The molecule has 0 aromatic heterocycles. The van der Waals surface area contributed by atoms with E-state index in [0.717, 1.165) is 24.0 Å². The average molecular weight is 577 g/mol. The molecular formula is C28H37FN4O8. The molecule has 0 radical (unpaired) electrons. The Hall–Kier alpha value is -3.78. The molecule has 1 fully saturated rings. The van der Waals surface area contributed by atoms with E-state index in [1.54, 1.807) is 13.0 Å². The summed E-state index contributed by atoms with van der Waals surface area (Å²) < 4.78 is 19.8. The number of nitrogens with zero attached hydrogens (tertiary/aromatic N) is 1. The first-order chi connectivity index (χ1) is 18.9. The van der Waals surface area contributed by atoms with Crippen molar-refractivity contribution in [2.75, 3.05) is 26.0 Å². The maximum atomic E-state index is 14.4. The van der Waals surface area contributed by atoms with E-state index in [2.05, 4.69) is 10.6 Å². The summed E-state index contributed by atoms with van der Waals surface area (Å²) in [5, 5.41) is 50.7. The standard InChI is InChI=1S/C28H37FN4O8/c1-14-8-7-9-20(36)21(14)24(37)41-13-27(40)23(31-19-11-17(15(2)34)10-18(29)12-19)22(30)28(16(3)35,26(27,4)39)32-25(38)33(5)6/h7-12,16,22-23,31,35-36,39-40H,13,30H2,1-6H3,(H,32,38)/t16-,22+,23+,26+,27-,28+/m1/s1. The molecule has 0 spiro atoms. The summed E-state index contributed by atoms with van der Waals surface area (Å²) in [6.45, 7) is 4.21. The molecule has 3 rings (SSSR count). The zero-order chi connectivity index (χ0) is 31.1. The van der Waals surface area contributed by atoms with Crippen LogP contribution in [0.25, 0.3) is 0 Å². The fraction of sp³-hybridized carbons (Fsp3) is 0.464. The zero-order valence-electron chi connectivity index (χ0n) is 23.7. The Morgan fingerprint density at radius 3 is 2.37 bits per heavy atom. The number of benzene rings is 2. The number of urea groups is 1. The molecule has 1 saturated carbocycles. The number of carbonyl (C=O) groups excluding carboxylic acids is 3. The Balaban J connectivity index is 2.16. The van der Waals surface area contributed by atoms with Gasteiger partial charge in [-0.3, -0.25) is 4.79 Å². The lowest BCUT2D eigenvalue weighted by Gasteiger charge is -2.48. The van der Waals surface area contributed by atoms with Crippen LogP contribution in [0.2, 0.25) is 0 Å². The van der Waals surface area contributed by atoms with Gasteiger partial charge in [0.05, 0.1) is 18.2 Å². The molecule has 13 heteroatoms. The number of anilines is 1. The number of esters is 1. The topological polar surface area (TPSA) is 195 Å². The largest absolute Gasteiger partial charge is 0.507 e. The summed E-state index contributed by atoms with van der Waals surface area (Å²) >= 11 is 0. The van der Waals surface area contributed by atoms with Crippen LogP contribution in [0.3, 0.4) is 0 Å². The molecule has 41 heavy (non-hydrogen) atoms. The minimum absolute atomic E-state index is 0.00137. The SMILES string of the molecule is CC(=O)c1cc(F)cc(N[C@H]2[C@H](N)[C@@](NC(=O)N(C)C)([C@@H](C)O)[C@@](C)(O)[C@@]2(O)COC(=O)c2c(C)cccc2O)c1. The van der Waals surface area contributed by atoms with E-state index in [4.69, 9.17) is 10.5 Å². The summed E-state index contributed by atoms with van der Waals surface area (Å²) in [6.07, 6.45) is -1.59. The predicted octanol–water partition coefficient (Wildman–Crippen LogP) is 0.894. The van der Waals surface area contributed by atoms with Crippen molar-refractivity contribution in [2.24, 2.45) is 5.73 Å². The number of aryl methyl sites for hydroxylation is 1. The number of nitrogens with one attached hydrogen (secondary N) is 2. The van der Waals surface area contributed by atoms with Gasteiger partial charge >= 0.3 is 12.0 Å². The molecule has 2 aromatic rings. The van der Waals surface area contributed by atoms with Crippen molar-refractivity contribution in [3.8, 4) is 5.75 Å². The number of halogens is 1. The normalized spacial score (nSPS) is 28.1. The van der Waals surface area contributed by atoms with E-state index in [0.29, 0.717) is 5.56 Å². The third-order valence-corrected chi connectivity index (χ3v) is 7.93. The molecule has 0 unspecified atom stereocenters. The number of aliphatic hydroxyl groups excluding tert-OH is 1. The molecule has 2 aromatic carbocycles. The number of rotatable bonds is 8. The van der Waals surface area contributed by atoms with Crippen LogP contribution in [-0.4, -0.2) is 98.7 Å². The van der Waals surface area contributed by atoms with Crippen LogP contribution in [-0.2, 0) is 4.74 Å². The maximum absolute atomic E-state index is 14.4. The van der Waals surface area contributed by atoms with Gasteiger partial charge in [0, 0.05) is 25.3 Å². The van der Waals surface area contributed by atoms with Crippen molar-refractivity contribution in [1.29, 1.82) is 0 Å². The first kappa shape index (κ1) is 31.7. The number of hydrogen-bond donors (Lipinski definition) is 7. The van der Waals surface area contributed by atoms with Crippen LogP contribution in [0.15, 0.2) is 36.4 Å². The lowest BCUT2D eigenvalue weighted by atomic mass is 9.73. The zero-order valence-corrected chi connectivity index (χ0v) is 23.7. The summed E-state index contributed by atoms with van der Waals surface area (Å²) in [4.78, 5) is 39.0. The number of nitrogens with two attached hydrogens (primary N) is 1. The molecule has 1 aliphatic carbocycles. The number of phenolic OH excluding ortho intramolecular Hbond substituents is 1. The molecule has 2 amide bonds. The third kappa shape index (κ3) is 5.33. The van der Waals surface area contributed by atoms with Crippen LogP contribution in [0.4, 0.5) is 14.9 Å². The van der Waals surface area contributed by atoms with Crippen LogP contribution in [0.1, 0.15) is 47.1 Å². The lowest BCUT2D eigenvalue weighted by Crippen LogP contribution is -2.76. The van der Waals surface area contributed by atoms with Gasteiger partial charge in [0.25, 0.3) is 0 Å². The minimum Gasteiger partial charge on any atom is -0.507 e. The number of Topliss-reactive ketones (excluding diaryl/α,β-unsaturated/α-hetero) is 1. The summed E-state index contributed by atoms with van der Waals surface area (Å²) in [7, 11) is 2.82. The Bertz CT molecular complexity index is 1330. The second kappa shape index (κ2) is 11.2. The third-order valence-electron chi connectivity index (χ3n) is 7.93. The van der Waals surface area contributed by atoms with Crippen molar-refractivity contribution in [3.63, 3.8) is 0 Å². The smallest absolute Gasteiger partial charge is 0.342 e. The van der Waals surface area contributed by atoms with Gasteiger partial charge in [-0.1, -0.05) is 12.1 Å². The molecule has 0 saturated heterocycles. The summed E-state index contributed by atoms with van der Waals surface area (Å²) in [6, 6.07) is 3.90. The number of aliphatic hydroxyl groups is 3. The van der Waals surface area contributed by atoms with Crippen molar-refractivity contribution in [1.82, 2.24) is 10.2 Å². The molecule has 0 aliphatic heterocycles. The Morgan fingerprint density at radius 2 is 1.83 bits per heavy atom. The van der Waals surface area contributed by atoms with Crippen molar-refractivity contribution in [3.05, 3.63) is 58.9 Å². The molecule has 12 nitrogen and oxygen atoms in total. The number of amides is 2. The van der Waals surface area contributed by atoms with E-state index >= 15 is 0 Å². The molecule has 8 N–H and O–H groups in total. The van der Waals surface area contributed by atoms with Gasteiger partial charge in [0.15, 0.2) is 11.4 Å². The molecule has 1 aliphatic rings. The van der Waals surface area contributed by atoms with E-state index in [1.165, 1.54) is 46.1 Å². The quantitative estimate of drug-likeness (QED) is 0.175. The highest BCUT2D eigenvalue weighted by atomic mass is 19.1. The second-order valence-corrected chi connectivity index (χ2v) is 10.8. The fourth-order valence-electron chi connectivity index (χ4n) is 5.49. The first-order valence-electron chi connectivity index (χ1n) is 12.8. The van der Waals surface area contributed by atoms with Crippen LogP contribution in [0, 0.1) is 12.7 Å². The molecule has 6 atom stereocenters. The maximum Gasteiger partial charge on any atom is 0.342 e. The second-order valence-electron chi connectivity index (χ2n) is 10.8. The van der Waals surface area contributed by atoms with Gasteiger partial charge in [0.2, 0.25) is 0 Å². The predicted molar refractivity (Wildman–Crippen MR) is 147 cm³/mol. The van der Waals surface area contributed by atoms with Gasteiger partial charge in [-0.05, 0) is 57.5 Å². The number of ether oxygens (including phenoxy) is 1. The van der Waals surface area contributed by atoms with Crippen molar-refractivity contribution in [2.45, 2.75) is 62.6 Å². The number of carbonyl (C=O) groups is 3. The van der Waals surface area contributed by atoms with Gasteiger partial charge in [0.1, 0.15) is 34.9 Å². The van der Waals surface area contributed by atoms with Crippen molar-refractivity contribution >= 4 is 23.5 Å². The first-order valence-corrected chi connectivity index (χ1v) is 12.8. The number of ketones is 1. The highest BCUT2D eigenvalue weighted by Crippen LogP contribution is 2.49. The Kier molecular flexibility index (Phi) is 8.70. The van der Waals surface area contributed by atoms with Gasteiger partial charge in [-0.15, -0.1) is 0 Å². The average Bonchev–Trinajstić information content (AvgIpc) is 2.98. The van der Waals surface area contributed by atoms with E-state index < -0.39 is 65.1 Å². The van der Waals surface area contributed by atoms with E-state index in [9.17, 15) is 39.2 Å². The minimum atomic E-state index is -2.56. The molecule has 224 valence electrons. The van der Waals surface area contributed by atoms with Gasteiger partial charge < -0.3 is 46.4 Å². The fourth-order valence-corrected chi connectivity index (χ4v) is 5.49. The lowest BCUT2D eigenvalue weighted by molar-refractivity contribution is -0.186. The molecule has 0 bridgehead atoms. The molecule has 0 heterocycles. The highest BCUT2D eigenvalue weighted by molar-refractivity contribution is 5.95.